The van der Waals surface area contributed by atoms with Crippen LogP contribution in [0.3, 0.4) is 0 Å². The number of ether oxygens (including phenoxy) is 2. The van der Waals surface area contributed by atoms with Crippen LogP contribution in [-0.4, -0.2) is 39.2 Å². The van der Waals surface area contributed by atoms with Crippen molar-refractivity contribution in [2.45, 2.75) is 90.3 Å². The molecule has 0 aromatic rings. The molecule has 3 rings (SSSR count). The lowest BCUT2D eigenvalue weighted by atomic mass is 9.53. The Bertz CT molecular complexity index is 532. The summed E-state index contributed by atoms with van der Waals surface area (Å²) in [4.78, 5) is 12.9. The van der Waals surface area contributed by atoms with E-state index in [-0.39, 0.29) is 28.4 Å². The molecule has 0 aromatic carbocycles. The smallest absolute Gasteiger partial charge is 0.192 e. The monoisotopic (exact) mass is 368 g/mol. The summed E-state index contributed by atoms with van der Waals surface area (Å²) in [5.41, 5.74) is -0.106. The van der Waals surface area contributed by atoms with E-state index in [1.165, 1.54) is 0 Å². The van der Waals surface area contributed by atoms with Crippen molar-refractivity contribution in [3.63, 3.8) is 0 Å². The van der Waals surface area contributed by atoms with Gasteiger partial charge in [-0.15, -0.1) is 0 Å². The van der Waals surface area contributed by atoms with Gasteiger partial charge >= 0.3 is 0 Å². The van der Waals surface area contributed by atoms with Crippen LogP contribution in [-0.2, 0) is 18.7 Å². The van der Waals surface area contributed by atoms with Gasteiger partial charge in [-0.05, 0) is 31.0 Å². The fraction of sp³-hybridized carbons (Fsp3) is 0.950. The number of hydrogen-bond acceptors (Lipinski definition) is 4. The maximum atomic E-state index is 12.9. The van der Waals surface area contributed by atoms with Crippen LogP contribution in [0.1, 0.15) is 60.3 Å². The highest BCUT2D eigenvalue weighted by atomic mass is 28.4. The van der Waals surface area contributed by atoms with Crippen LogP contribution < -0.4 is 0 Å². The molecule has 0 N–H and O–H groups in total. The molecule has 2 aliphatic carbocycles. The summed E-state index contributed by atoms with van der Waals surface area (Å²) in [6.45, 7) is 17.2. The van der Waals surface area contributed by atoms with E-state index in [0.29, 0.717) is 25.4 Å². The van der Waals surface area contributed by atoms with Gasteiger partial charge < -0.3 is 13.9 Å². The van der Waals surface area contributed by atoms with Gasteiger partial charge in [0.1, 0.15) is 5.78 Å². The van der Waals surface area contributed by atoms with Crippen molar-refractivity contribution in [3.05, 3.63) is 0 Å². The minimum Gasteiger partial charge on any atom is -0.413 e. The standard InChI is InChI=1S/C20H36O4Si/c1-14-17-15(21)8-9-16(24-25(6,7)18(2,3)4)19(17,5)10-11-20(14)22-12-13-23-20/h14,16-17H,8-13H2,1-7H3/t14-,16+,17+,19-/m1/s1. The lowest BCUT2D eigenvalue weighted by Crippen LogP contribution is -2.62. The average molecular weight is 369 g/mol. The SMILES string of the molecule is C[C@@H]1[C@H]2C(=O)CC[C@H](O[Si](C)(C)C(C)(C)C)[C@@]2(C)CCC12OCCO2. The first kappa shape index (κ1) is 19.5. The third kappa shape index (κ3) is 3.05. The van der Waals surface area contributed by atoms with Crippen LogP contribution in [0.15, 0.2) is 0 Å². The van der Waals surface area contributed by atoms with Crippen LogP contribution in [0.2, 0.25) is 18.1 Å². The maximum Gasteiger partial charge on any atom is 0.192 e. The Hall–Kier alpha value is -0.233. The third-order valence-corrected chi connectivity index (χ3v) is 12.2. The maximum absolute atomic E-state index is 12.9. The minimum atomic E-state index is -1.87. The predicted molar refractivity (Wildman–Crippen MR) is 101 cm³/mol. The molecule has 0 bridgehead atoms. The number of rotatable bonds is 2. The second-order valence-corrected chi connectivity index (χ2v) is 14.9. The number of carbonyl (C=O) groups excluding carboxylic acids is 1. The zero-order chi connectivity index (χ0) is 18.7. The van der Waals surface area contributed by atoms with E-state index in [0.717, 1.165) is 19.3 Å². The van der Waals surface area contributed by atoms with Gasteiger partial charge in [0.15, 0.2) is 14.1 Å². The van der Waals surface area contributed by atoms with Crippen molar-refractivity contribution in [2.75, 3.05) is 13.2 Å². The number of hydrogen-bond donors (Lipinski definition) is 0. The molecule has 1 spiro atoms. The molecule has 25 heavy (non-hydrogen) atoms. The van der Waals surface area contributed by atoms with Gasteiger partial charge in [0, 0.05) is 30.1 Å². The highest BCUT2D eigenvalue weighted by Gasteiger charge is 2.62. The Morgan fingerprint density at radius 1 is 1.16 bits per heavy atom. The van der Waals surface area contributed by atoms with E-state index >= 15 is 0 Å². The summed E-state index contributed by atoms with van der Waals surface area (Å²) in [6.07, 6.45) is 3.45. The fourth-order valence-electron chi connectivity index (χ4n) is 5.02. The zero-order valence-corrected chi connectivity index (χ0v) is 18.1. The first-order valence-corrected chi connectivity index (χ1v) is 12.8. The van der Waals surface area contributed by atoms with Gasteiger partial charge in [0.05, 0.1) is 19.3 Å². The summed E-state index contributed by atoms with van der Waals surface area (Å²) < 4.78 is 18.9. The highest BCUT2D eigenvalue weighted by molar-refractivity contribution is 6.74. The lowest BCUT2D eigenvalue weighted by molar-refractivity contribution is -0.251. The van der Waals surface area contributed by atoms with Crippen molar-refractivity contribution < 1.29 is 18.7 Å². The van der Waals surface area contributed by atoms with Crippen molar-refractivity contribution in [1.82, 2.24) is 0 Å². The summed E-state index contributed by atoms with van der Waals surface area (Å²) in [5, 5.41) is 0.180. The Morgan fingerprint density at radius 3 is 2.32 bits per heavy atom. The van der Waals surface area contributed by atoms with Crippen LogP contribution in [0.5, 0.6) is 0 Å². The molecule has 4 atom stereocenters. The second kappa shape index (κ2) is 6.15. The largest absolute Gasteiger partial charge is 0.413 e. The van der Waals surface area contributed by atoms with Crippen LogP contribution in [0, 0.1) is 17.3 Å². The summed E-state index contributed by atoms with van der Waals surface area (Å²) in [6, 6.07) is 0. The third-order valence-electron chi connectivity index (χ3n) is 7.67. The van der Waals surface area contributed by atoms with Crippen LogP contribution in [0.25, 0.3) is 0 Å². The first-order chi connectivity index (χ1) is 11.4. The molecular weight excluding hydrogens is 332 g/mol. The summed E-state index contributed by atoms with van der Waals surface area (Å²) in [7, 11) is -1.87. The number of ketones is 1. The van der Waals surface area contributed by atoms with Crippen LogP contribution in [0.4, 0.5) is 0 Å². The molecule has 0 unspecified atom stereocenters. The molecule has 0 aromatic heterocycles. The highest BCUT2D eigenvalue weighted by Crippen LogP contribution is 2.58. The molecular formula is C20H36O4Si. The van der Waals surface area contributed by atoms with E-state index in [9.17, 15) is 4.79 Å². The predicted octanol–water partition coefficient (Wildman–Crippen LogP) is 4.54. The van der Waals surface area contributed by atoms with Crippen LogP contribution >= 0.6 is 0 Å². The van der Waals surface area contributed by atoms with Gasteiger partial charge in [-0.25, -0.2) is 0 Å². The fourth-order valence-corrected chi connectivity index (χ4v) is 6.47. The van der Waals surface area contributed by atoms with E-state index < -0.39 is 14.1 Å². The second-order valence-electron chi connectivity index (χ2n) is 10.2. The lowest BCUT2D eigenvalue weighted by Gasteiger charge is -2.57. The normalized spacial score (nSPS) is 38.8. The average Bonchev–Trinajstić information content (AvgIpc) is 2.96. The molecule has 2 saturated carbocycles. The van der Waals surface area contributed by atoms with E-state index in [1.54, 1.807) is 0 Å². The first-order valence-electron chi connectivity index (χ1n) is 9.91. The number of fused-ring (bicyclic) bond motifs is 1. The molecule has 1 saturated heterocycles. The Balaban J connectivity index is 1.89. The topological polar surface area (TPSA) is 44.8 Å². The Kier molecular flexibility index (Phi) is 4.80. The number of carbonyl (C=O) groups is 1. The van der Waals surface area contributed by atoms with Gasteiger partial charge in [-0.2, -0.15) is 0 Å². The minimum absolute atomic E-state index is 0.0251. The quantitative estimate of drug-likeness (QED) is 0.672. The molecule has 3 fully saturated rings. The van der Waals surface area contributed by atoms with Crippen molar-refractivity contribution in [1.29, 1.82) is 0 Å². The van der Waals surface area contributed by atoms with Gasteiger partial charge in [-0.3, -0.25) is 4.79 Å². The van der Waals surface area contributed by atoms with Crippen molar-refractivity contribution >= 4 is 14.1 Å². The Morgan fingerprint density at radius 2 is 1.76 bits per heavy atom. The van der Waals surface area contributed by atoms with Gasteiger partial charge in [-0.1, -0.05) is 34.6 Å². The molecule has 4 nitrogen and oxygen atoms in total. The molecule has 3 aliphatic rings. The van der Waals surface area contributed by atoms with E-state index in [1.807, 2.05) is 0 Å². The molecule has 0 amide bonds. The molecule has 1 heterocycles. The van der Waals surface area contributed by atoms with E-state index in [4.69, 9.17) is 13.9 Å². The zero-order valence-electron chi connectivity index (χ0n) is 17.1. The van der Waals surface area contributed by atoms with E-state index in [2.05, 4.69) is 47.7 Å². The molecule has 5 heteroatoms. The van der Waals surface area contributed by atoms with Gasteiger partial charge in [0.2, 0.25) is 0 Å². The molecule has 0 radical (unpaired) electrons. The van der Waals surface area contributed by atoms with Crippen molar-refractivity contribution in [2.24, 2.45) is 17.3 Å². The Labute approximate surface area is 154 Å². The number of Topliss-reactive ketones (excluding diaryl/α,β-unsaturated/α-hetero) is 1. The molecule has 144 valence electrons. The molecule has 1 aliphatic heterocycles. The van der Waals surface area contributed by atoms with Crippen molar-refractivity contribution in [3.8, 4) is 0 Å². The summed E-state index contributed by atoms with van der Waals surface area (Å²) in [5.74, 6) is -0.100. The summed E-state index contributed by atoms with van der Waals surface area (Å²) >= 11 is 0. The van der Waals surface area contributed by atoms with Gasteiger partial charge in [0.25, 0.3) is 0 Å².